The molecule has 0 N–H and O–H groups in total. The molecule has 0 amide bonds. The minimum atomic E-state index is -0.183. The zero-order valence-electron chi connectivity index (χ0n) is 7.13. The molecule has 1 unspecified atom stereocenters. The van der Waals surface area contributed by atoms with Crippen LogP contribution in [0.4, 0.5) is 0 Å². The Morgan fingerprint density at radius 3 is 2.67 bits per heavy atom. The van der Waals surface area contributed by atoms with Crippen LogP contribution < -0.4 is 0 Å². The first-order valence-corrected chi connectivity index (χ1v) is 4.67. The third-order valence-electron chi connectivity index (χ3n) is 1.82. The third-order valence-corrected chi connectivity index (χ3v) is 2.52. The van der Waals surface area contributed by atoms with E-state index < -0.39 is 0 Å². The van der Waals surface area contributed by atoms with Gasteiger partial charge in [0.2, 0.25) is 0 Å². The van der Waals surface area contributed by atoms with Gasteiger partial charge in [0.05, 0.1) is 6.07 Å². The van der Waals surface area contributed by atoms with Crippen LogP contribution >= 0.6 is 15.9 Å². The zero-order valence-corrected chi connectivity index (χ0v) is 8.72. The van der Waals surface area contributed by atoms with Gasteiger partial charge in [0, 0.05) is 0 Å². The molecule has 0 bridgehead atoms. The molecular weight excluding hydrogens is 214 g/mol. The van der Waals surface area contributed by atoms with Crippen LogP contribution in [0.5, 0.6) is 0 Å². The van der Waals surface area contributed by atoms with E-state index in [1.54, 1.807) is 0 Å². The minimum absolute atomic E-state index is 0.183. The SMILES string of the molecule is Cc1ccc(C)c(C(Br)C#N)c1. The average Bonchev–Trinajstić information content (AvgIpc) is 2.08. The number of rotatable bonds is 1. The molecule has 1 atom stereocenters. The largest absolute Gasteiger partial charge is 0.197 e. The van der Waals surface area contributed by atoms with E-state index in [4.69, 9.17) is 5.26 Å². The predicted molar refractivity (Wildman–Crippen MR) is 53.2 cm³/mol. The van der Waals surface area contributed by atoms with Crippen molar-refractivity contribution in [3.8, 4) is 6.07 Å². The number of hydrogen-bond acceptors (Lipinski definition) is 1. The van der Waals surface area contributed by atoms with Crippen LogP contribution in [0.3, 0.4) is 0 Å². The first kappa shape index (κ1) is 9.28. The molecular formula is C10H10BrN. The lowest BCUT2D eigenvalue weighted by Crippen LogP contribution is -1.91. The Bertz CT molecular complexity index is 325. The van der Waals surface area contributed by atoms with Gasteiger partial charge >= 0.3 is 0 Å². The van der Waals surface area contributed by atoms with Gasteiger partial charge in [-0.1, -0.05) is 39.7 Å². The Morgan fingerprint density at radius 2 is 2.08 bits per heavy atom. The summed E-state index contributed by atoms with van der Waals surface area (Å²) in [4.78, 5) is -0.183. The van der Waals surface area contributed by atoms with Crippen molar-refractivity contribution >= 4 is 15.9 Å². The molecule has 2 heteroatoms. The van der Waals surface area contributed by atoms with E-state index in [9.17, 15) is 0 Å². The highest BCUT2D eigenvalue weighted by Gasteiger charge is 2.07. The first-order valence-electron chi connectivity index (χ1n) is 3.76. The van der Waals surface area contributed by atoms with Crippen LogP contribution in [0.2, 0.25) is 0 Å². The molecule has 0 aliphatic carbocycles. The lowest BCUT2D eigenvalue weighted by molar-refractivity contribution is 1.19. The molecule has 0 aliphatic rings. The molecule has 12 heavy (non-hydrogen) atoms. The normalized spacial score (nSPS) is 12.2. The number of nitriles is 1. The number of halogens is 1. The zero-order chi connectivity index (χ0) is 9.14. The summed E-state index contributed by atoms with van der Waals surface area (Å²) in [6, 6.07) is 8.30. The average molecular weight is 224 g/mol. The molecule has 0 spiro atoms. The van der Waals surface area contributed by atoms with Crippen molar-refractivity contribution in [1.29, 1.82) is 5.26 Å². The minimum Gasteiger partial charge on any atom is -0.197 e. The van der Waals surface area contributed by atoms with Crippen LogP contribution in [0, 0.1) is 25.2 Å². The van der Waals surface area contributed by atoms with E-state index in [1.807, 2.05) is 26.0 Å². The number of hydrogen-bond donors (Lipinski definition) is 0. The standard InChI is InChI=1S/C10H10BrN/c1-7-3-4-8(2)9(5-7)10(11)6-12/h3-5,10H,1-2H3. The lowest BCUT2D eigenvalue weighted by atomic mass is 10.0. The molecule has 1 aromatic rings. The van der Waals surface area contributed by atoms with Gasteiger partial charge in [-0.2, -0.15) is 5.26 Å². The molecule has 1 rings (SSSR count). The summed E-state index contributed by atoms with van der Waals surface area (Å²) in [5.74, 6) is 0. The van der Waals surface area contributed by atoms with E-state index in [2.05, 4.69) is 28.1 Å². The summed E-state index contributed by atoms with van der Waals surface area (Å²) in [5, 5.41) is 8.71. The Morgan fingerprint density at radius 1 is 1.42 bits per heavy atom. The molecule has 62 valence electrons. The summed E-state index contributed by atoms with van der Waals surface area (Å²) < 4.78 is 0. The van der Waals surface area contributed by atoms with E-state index in [0.29, 0.717) is 0 Å². The molecule has 0 radical (unpaired) electrons. The van der Waals surface area contributed by atoms with Gasteiger partial charge in [-0.05, 0) is 25.0 Å². The maximum atomic E-state index is 8.71. The van der Waals surface area contributed by atoms with Gasteiger partial charge < -0.3 is 0 Å². The maximum Gasteiger partial charge on any atom is 0.126 e. The molecule has 0 heterocycles. The topological polar surface area (TPSA) is 23.8 Å². The molecule has 0 aliphatic heterocycles. The molecule has 0 saturated carbocycles. The molecule has 0 fully saturated rings. The van der Waals surface area contributed by atoms with Gasteiger partial charge in [-0.15, -0.1) is 0 Å². The Balaban J connectivity index is 3.15. The van der Waals surface area contributed by atoms with Gasteiger partial charge in [-0.3, -0.25) is 0 Å². The fraction of sp³-hybridized carbons (Fsp3) is 0.300. The van der Waals surface area contributed by atoms with Gasteiger partial charge in [0.1, 0.15) is 4.83 Å². The van der Waals surface area contributed by atoms with Gasteiger partial charge in [0.15, 0.2) is 0 Å². The van der Waals surface area contributed by atoms with Crippen molar-refractivity contribution in [2.75, 3.05) is 0 Å². The Hall–Kier alpha value is -0.810. The molecule has 1 aromatic carbocycles. The van der Waals surface area contributed by atoms with Crippen molar-refractivity contribution < 1.29 is 0 Å². The second-order valence-corrected chi connectivity index (χ2v) is 3.77. The number of alkyl halides is 1. The summed E-state index contributed by atoms with van der Waals surface area (Å²) in [6.45, 7) is 4.04. The van der Waals surface area contributed by atoms with Crippen LogP contribution in [-0.2, 0) is 0 Å². The van der Waals surface area contributed by atoms with E-state index in [1.165, 1.54) is 5.56 Å². The van der Waals surface area contributed by atoms with E-state index in [-0.39, 0.29) is 4.83 Å². The van der Waals surface area contributed by atoms with Crippen LogP contribution in [0.15, 0.2) is 18.2 Å². The van der Waals surface area contributed by atoms with Gasteiger partial charge in [0.25, 0.3) is 0 Å². The highest BCUT2D eigenvalue weighted by Crippen LogP contribution is 2.25. The summed E-state index contributed by atoms with van der Waals surface area (Å²) in [6.07, 6.45) is 0. The fourth-order valence-electron chi connectivity index (χ4n) is 1.10. The fourth-order valence-corrected chi connectivity index (χ4v) is 1.60. The summed E-state index contributed by atoms with van der Waals surface area (Å²) >= 11 is 3.31. The van der Waals surface area contributed by atoms with Gasteiger partial charge in [-0.25, -0.2) is 0 Å². The van der Waals surface area contributed by atoms with Crippen molar-refractivity contribution in [1.82, 2.24) is 0 Å². The molecule has 0 aromatic heterocycles. The molecule has 0 saturated heterocycles. The van der Waals surface area contributed by atoms with E-state index in [0.717, 1.165) is 11.1 Å². The summed E-state index contributed by atoms with van der Waals surface area (Å²) in [5.41, 5.74) is 3.41. The predicted octanol–water partition coefficient (Wildman–Crippen LogP) is 3.26. The molecule has 1 nitrogen and oxygen atoms in total. The Kier molecular flexibility index (Phi) is 2.88. The number of nitrogens with zero attached hydrogens (tertiary/aromatic N) is 1. The number of benzene rings is 1. The van der Waals surface area contributed by atoms with Crippen LogP contribution in [0.1, 0.15) is 21.5 Å². The van der Waals surface area contributed by atoms with Crippen molar-refractivity contribution in [3.63, 3.8) is 0 Å². The van der Waals surface area contributed by atoms with Crippen molar-refractivity contribution in [3.05, 3.63) is 34.9 Å². The smallest absolute Gasteiger partial charge is 0.126 e. The second kappa shape index (κ2) is 3.73. The second-order valence-electron chi connectivity index (χ2n) is 2.85. The maximum absolute atomic E-state index is 8.71. The quantitative estimate of drug-likeness (QED) is 0.671. The lowest BCUT2D eigenvalue weighted by Gasteiger charge is -2.06. The number of aryl methyl sites for hydroxylation is 2. The summed E-state index contributed by atoms with van der Waals surface area (Å²) in [7, 11) is 0. The first-order chi connectivity index (χ1) is 5.65. The highest BCUT2D eigenvalue weighted by molar-refractivity contribution is 9.09. The van der Waals surface area contributed by atoms with E-state index >= 15 is 0 Å². The monoisotopic (exact) mass is 223 g/mol. The van der Waals surface area contributed by atoms with Crippen molar-refractivity contribution in [2.24, 2.45) is 0 Å². The van der Waals surface area contributed by atoms with Crippen molar-refractivity contribution in [2.45, 2.75) is 18.7 Å². The third kappa shape index (κ3) is 1.86. The highest BCUT2D eigenvalue weighted by atomic mass is 79.9. The van der Waals surface area contributed by atoms with Crippen LogP contribution in [-0.4, -0.2) is 0 Å². The van der Waals surface area contributed by atoms with Crippen LogP contribution in [0.25, 0.3) is 0 Å². The Labute approximate surface area is 81.2 Å².